The van der Waals surface area contributed by atoms with Gasteiger partial charge in [-0.05, 0) is 81.4 Å². The third-order valence-corrected chi connectivity index (χ3v) is 9.15. The van der Waals surface area contributed by atoms with Crippen LogP contribution in [0.3, 0.4) is 0 Å². The number of amides is 2. The Bertz CT molecular complexity index is 1400. The number of carbonyl (C=O) groups is 2. The van der Waals surface area contributed by atoms with Crippen molar-refractivity contribution in [3.8, 4) is 0 Å². The minimum absolute atomic E-state index is 0.105. The predicted octanol–water partition coefficient (Wildman–Crippen LogP) is 4.24. The molecule has 0 radical (unpaired) electrons. The fraction of sp³-hybridized carbons (Fsp3) is 0.607. The van der Waals surface area contributed by atoms with Crippen LogP contribution in [0, 0.1) is 23.2 Å². The number of aromatic nitrogens is 5. The van der Waals surface area contributed by atoms with Crippen molar-refractivity contribution in [3.05, 3.63) is 47.7 Å². The number of fused-ring (bicyclic) bond motifs is 1. The van der Waals surface area contributed by atoms with E-state index in [4.69, 9.17) is 4.98 Å². The van der Waals surface area contributed by atoms with Gasteiger partial charge in [0.15, 0.2) is 5.65 Å². The van der Waals surface area contributed by atoms with E-state index in [1.165, 1.54) is 12.8 Å². The summed E-state index contributed by atoms with van der Waals surface area (Å²) >= 11 is 0. The van der Waals surface area contributed by atoms with Crippen LogP contribution >= 0.6 is 0 Å². The van der Waals surface area contributed by atoms with E-state index >= 15 is 0 Å². The maximum atomic E-state index is 13.3. The lowest BCUT2D eigenvalue weighted by molar-refractivity contribution is -0.183. The molecule has 1 saturated heterocycles. The summed E-state index contributed by atoms with van der Waals surface area (Å²) in [4.78, 5) is 30.5. The van der Waals surface area contributed by atoms with Crippen LogP contribution in [0.2, 0.25) is 0 Å². The molecule has 3 aromatic heterocycles. The minimum atomic E-state index is -4.35. The second kappa shape index (κ2) is 10.2. The Labute approximate surface area is 229 Å². The zero-order valence-electron chi connectivity index (χ0n) is 22.5. The van der Waals surface area contributed by atoms with Crippen LogP contribution < -0.4 is 10.6 Å². The maximum Gasteiger partial charge on any atom is 0.393 e. The number of piperidine rings is 1. The van der Waals surface area contributed by atoms with Crippen molar-refractivity contribution < 1.29 is 22.8 Å². The first-order chi connectivity index (χ1) is 19.1. The smallest absolute Gasteiger partial charge is 0.355 e. The topological polar surface area (TPSA) is 106 Å². The highest BCUT2D eigenvalue weighted by molar-refractivity contribution is 5.92. The molecule has 3 aliphatic rings. The van der Waals surface area contributed by atoms with E-state index in [0.29, 0.717) is 34.7 Å². The van der Waals surface area contributed by atoms with Crippen LogP contribution in [0.1, 0.15) is 79.8 Å². The quantitative estimate of drug-likeness (QED) is 0.452. The van der Waals surface area contributed by atoms with Crippen molar-refractivity contribution >= 4 is 17.5 Å². The Kier molecular flexibility index (Phi) is 6.82. The molecular weight excluding hydrogens is 523 g/mol. The fourth-order valence-corrected chi connectivity index (χ4v) is 6.47. The third-order valence-electron chi connectivity index (χ3n) is 9.15. The Hall–Kier alpha value is -3.44. The molecule has 3 atom stereocenters. The van der Waals surface area contributed by atoms with Gasteiger partial charge in [0.05, 0.1) is 29.5 Å². The van der Waals surface area contributed by atoms with E-state index in [1.54, 1.807) is 39.8 Å². The number of rotatable bonds is 7. The lowest BCUT2D eigenvalue weighted by Crippen LogP contribution is -2.47. The molecule has 2 N–H and O–H groups in total. The Balaban J connectivity index is 1.24. The first-order valence-corrected chi connectivity index (χ1v) is 14.2. The van der Waals surface area contributed by atoms with Gasteiger partial charge in [-0.2, -0.15) is 23.4 Å². The van der Waals surface area contributed by atoms with E-state index in [-0.39, 0.29) is 43.2 Å². The molecule has 2 aliphatic carbocycles. The third kappa shape index (κ3) is 5.32. The summed E-state index contributed by atoms with van der Waals surface area (Å²) in [6.45, 7) is 2.13. The SMILES string of the molecule is CCn1nccc1C(=O)N[C@H](c1cn2nc(CC3C[C@@H](C(F)(F)F)CNC3=O)ccc2n1)C1CCC2(CC1)CC2. The van der Waals surface area contributed by atoms with E-state index in [0.717, 1.165) is 25.7 Å². The second-order valence-corrected chi connectivity index (χ2v) is 11.7. The molecule has 1 aliphatic heterocycles. The van der Waals surface area contributed by atoms with E-state index in [1.807, 2.05) is 6.92 Å². The average molecular weight is 558 g/mol. The number of nitrogens with one attached hydrogen (secondary N) is 2. The van der Waals surface area contributed by atoms with Gasteiger partial charge in [-0.15, -0.1) is 0 Å². The van der Waals surface area contributed by atoms with E-state index in [9.17, 15) is 22.8 Å². The van der Waals surface area contributed by atoms with Crippen molar-refractivity contribution in [2.45, 2.75) is 77.1 Å². The minimum Gasteiger partial charge on any atom is -0.355 e. The number of imidazole rings is 1. The Morgan fingerprint density at radius 1 is 1.20 bits per heavy atom. The number of alkyl halides is 3. The van der Waals surface area contributed by atoms with Gasteiger partial charge >= 0.3 is 6.18 Å². The summed E-state index contributed by atoms with van der Waals surface area (Å²) in [7, 11) is 0. The number of carbonyl (C=O) groups excluding carboxylic acids is 2. The summed E-state index contributed by atoms with van der Waals surface area (Å²) in [5, 5.41) is 14.4. The highest BCUT2D eigenvalue weighted by Gasteiger charge is 2.47. The lowest BCUT2D eigenvalue weighted by atomic mass is 9.76. The number of nitrogens with zero attached hydrogens (tertiary/aromatic N) is 5. The lowest BCUT2D eigenvalue weighted by Gasteiger charge is -2.33. The molecule has 1 spiro atoms. The molecule has 4 heterocycles. The van der Waals surface area contributed by atoms with Crippen LogP contribution in [0.4, 0.5) is 13.2 Å². The van der Waals surface area contributed by atoms with Crippen LogP contribution in [0.5, 0.6) is 0 Å². The normalized spacial score (nSPS) is 23.8. The first kappa shape index (κ1) is 26.8. The average Bonchev–Trinajstić information content (AvgIpc) is 3.32. The highest BCUT2D eigenvalue weighted by Crippen LogP contribution is 2.58. The van der Waals surface area contributed by atoms with Gasteiger partial charge in [0, 0.05) is 31.6 Å². The van der Waals surface area contributed by atoms with Gasteiger partial charge in [-0.25, -0.2) is 9.50 Å². The van der Waals surface area contributed by atoms with Crippen molar-refractivity contribution in [2.75, 3.05) is 6.54 Å². The zero-order chi connectivity index (χ0) is 28.1. The summed E-state index contributed by atoms with van der Waals surface area (Å²) in [5.74, 6) is -2.72. The fourth-order valence-electron chi connectivity index (χ4n) is 6.47. The summed E-state index contributed by atoms with van der Waals surface area (Å²) in [6, 6.07) is 4.86. The number of hydrogen-bond acceptors (Lipinski definition) is 5. The maximum absolute atomic E-state index is 13.3. The van der Waals surface area contributed by atoms with E-state index < -0.39 is 18.0 Å². The molecule has 9 nitrogen and oxygen atoms in total. The van der Waals surface area contributed by atoms with Crippen LogP contribution in [-0.2, 0) is 17.8 Å². The molecule has 12 heteroatoms. The van der Waals surface area contributed by atoms with Crippen LogP contribution in [0.15, 0.2) is 30.6 Å². The molecule has 2 amide bonds. The van der Waals surface area contributed by atoms with Crippen molar-refractivity contribution in [1.82, 2.24) is 35.0 Å². The molecule has 40 heavy (non-hydrogen) atoms. The molecule has 0 aromatic carbocycles. The molecule has 3 fully saturated rings. The van der Waals surface area contributed by atoms with Gasteiger partial charge in [-0.1, -0.05) is 0 Å². The highest BCUT2D eigenvalue weighted by atomic mass is 19.4. The molecule has 1 unspecified atom stereocenters. The van der Waals surface area contributed by atoms with Gasteiger partial charge < -0.3 is 10.6 Å². The molecule has 6 rings (SSSR count). The van der Waals surface area contributed by atoms with Gasteiger partial charge in [0.1, 0.15) is 5.69 Å². The van der Waals surface area contributed by atoms with Gasteiger partial charge in [-0.3, -0.25) is 14.3 Å². The second-order valence-electron chi connectivity index (χ2n) is 11.7. The number of halogens is 3. The molecule has 214 valence electrons. The largest absolute Gasteiger partial charge is 0.393 e. The number of aryl methyl sites for hydroxylation is 1. The van der Waals surface area contributed by atoms with Crippen LogP contribution in [-0.4, -0.2) is 48.9 Å². The van der Waals surface area contributed by atoms with Crippen molar-refractivity contribution in [1.29, 1.82) is 0 Å². The van der Waals surface area contributed by atoms with Crippen molar-refractivity contribution in [2.24, 2.45) is 23.2 Å². The van der Waals surface area contributed by atoms with Crippen molar-refractivity contribution in [3.63, 3.8) is 0 Å². The summed E-state index contributed by atoms with van der Waals surface area (Å²) < 4.78 is 43.1. The standard InChI is InChI=1S/C28H34F3N7O2/c1-2-37-22(7-12-33-37)26(40)35-24(17-5-8-27(9-6-17)10-11-27)21-16-38-23(34-21)4-3-20(36-38)14-18-13-19(28(29,30)31)15-32-25(18)39/h3-4,7,12,16-19,24H,2,5-6,8-11,13-15H2,1H3,(H,32,39)(H,35,40)/t18?,19-,24+/m1/s1. The molecular formula is C28H34F3N7O2. The van der Waals surface area contributed by atoms with E-state index in [2.05, 4.69) is 20.8 Å². The first-order valence-electron chi connectivity index (χ1n) is 14.2. The Morgan fingerprint density at radius 2 is 1.98 bits per heavy atom. The van der Waals surface area contributed by atoms with Gasteiger partial charge in [0.25, 0.3) is 5.91 Å². The summed E-state index contributed by atoms with van der Waals surface area (Å²) in [6.07, 6.45) is 5.78. The monoisotopic (exact) mass is 557 g/mol. The zero-order valence-corrected chi connectivity index (χ0v) is 22.5. The molecule has 2 saturated carbocycles. The Morgan fingerprint density at radius 3 is 2.67 bits per heavy atom. The van der Waals surface area contributed by atoms with Crippen LogP contribution in [0.25, 0.3) is 5.65 Å². The number of hydrogen-bond donors (Lipinski definition) is 2. The van der Waals surface area contributed by atoms with Gasteiger partial charge in [0.2, 0.25) is 5.91 Å². The molecule has 0 bridgehead atoms. The summed E-state index contributed by atoms with van der Waals surface area (Å²) in [5.41, 5.74) is 2.78. The molecule has 3 aromatic rings. The predicted molar refractivity (Wildman–Crippen MR) is 139 cm³/mol.